The molecule has 1 amide bonds. The second kappa shape index (κ2) is 8.01. The van der Waals surface area contributed by atoms with Gasteiger partial charge in [-0.15, -0.1) is 0 Å². The summed E-state index contributed by atoms with van der Waals surface area (Å²) in [6, 6.07) is 9.85. The topological polar surface area (TPSA) is 82.7 Å². The van der Waals surface area contributed by atoms with Crippen LogP contribution in [0.25, 0.3) is 0 Å². The third kappa shape index (κ3) is 3.97. The Labute approximate surface area is 155 Å². The van der Waals surface area contributed by atoms with Crippen LogP contribution in [0.5, 0.6) is 0 Å². The Bertz CT molecular complexity index is 666. The van der Waals surface area contributed by atoms with E-state index in [0.717, 1.165) is 50.2 Å². The number of piperidine rings is 1. The van der Waals surface area contributed by atoms with Gasteiger partial charge in [0, 0.05) is 31.5 Å². The fourth-order valence-electron chi connectivity index (χ4n) is 3.83. The lowest BCUT2D eigenvalue weighted by atomic mass is 9.88. The Morgan fingerprint density at radius 1 is 1.35 bits per heavy atom. The molecule has 0 radical (unpaired) electrons. The summed E-state index contributed by atoms with van der Waals surface area (Å²) in [6.45, 7) is 5.22. The monoisotopic (exact) mass is 356 g/mol. The summed E-state index contributed by atoms with van der Waals surface area (Å²) in [7, 11) is 0. The number of likely N-dealkylation sites (tertiary alicyclic amines) is 1. The van der Waals surface area contributed by atoms with Crippen LogP contribution in [0.1, 0.15) is 26.2 Å². The highest BCUT2D eigenvalue weighted by Crippen LogP contribution is 2.35. The van der Waals surface area contributed by atoms with E-state index in [4.69, 9.17) is 15.9 Å². The van der Waals surface area contributed by atoms with Crippen molar-refractivity contribution >= 4 is 17.8 Å². The van der Waals surface area contributed by atoms with Gasteiger partial charge in [-0.25, -0.2) is 0 Å². The number of ether oxygens (including phenoxy) is 1. The number of nitrogens with zero attached hydrogens (tertiary/aromatic N) is 2. The Morgan fingerprint density at radius 2 is 2.04 bits per heavy atom. The van der Waals surface area contributed by atoms with Gasteiger partial charge in [0.1, 0.15) is 6.10 Å². The zero-order valence-electron chi connectivity index (χ0n) is 15.4. The Kier molecular flexibility index (Phi) is 5.74. The van der Waals surface area contributed by atoms with E-state index in [-0.39, 0.29) is 11.5 Å². The highest BCUT2D eigenvalue weighted by atomic mass is 16.5. The van der Waals surface area contributed by atoms with E-state index in [9.17, 15) is 4.79 Å². The maximum atomic E-state index is 12.6. The number of anilines is 1. The van der Waals surface area contributed by atoms with E-state index in [1.165, 1.54) is 12.4 Å². The van der Waals surface area contributed by atoms with Crippen molar-refractivity contribution < 1.29 is 9.53 Å². The van der Waals surface area contributed by atoms with Crippen molar-refractivity contribution in [1.29, 1.82) is 5.41 Å². The third-order valence-electron chi connectivity index (χ3n) is 5.44. The summed E-state index contributed by atoms with van der Waals surface area (Å²) in [5.41, 5.74) is 7.05. The van der Waals surface area contributed by atoms with Crippen LogP contribution >= 0.6 is 0 Å². The van der Waals surface area contributed by atoms with Crippen molar-refractivity contribution in [3.8, 4) is 0 Å². The maximum absolute atomic E-state index is 12.6. The van der Waals surface area contributed by atoms with E-state index in [0.29, 0.717) is 6.54 Å². The summed E-state index contributed by atoms with van der Waals surface area (Å²) < 4.78 is 6.21. The predicted octanol–water partition coefficient (Wildman–Crippen LogP) is 2.16. The molecule has 6 nitrogen and oxygen atoms in total. The fraction of sp³-hybridized carbons (Fsp3) is 0.500. The van der Waals surface area contributed by atoms with Gasteiger partial charge >= 0.3 is 0 Å². The molecule has 1 atom stereocenters. The van der Waals surface area contributed by atoms with Crippen molar-refractivity contribution in [2.45, 2.75) is 37.9 Å². The smallest absolute Gasteiger partial charge is 0.255 e. The Hall–Kier alpha value is -2.18. The number of rotatable bonds is 5. The van der Waals surface area contributed by atoms with E-state index in [1.807, 2.05) is 42.2 Å². The molecule has 0 bridgehead atoms. The molecule has 2 fully saturated rings. The number of para-hydroxylation sites is 1. The summed E-state index contributed by atoms with van der Waals surface area (Å²) in [4.78, 5) is 16.9. The van der Waals surface area contributed by atoms with Gasteiger partial charge < -0.3 is 25.7 Å². The zero-order valence-corrected chi connectivity index (χ0v) is 15.4. The number of carbonyl (C=O) groups is 1. The maximum Gasteiger partial charge on any atom is 0.255 e. The summed E-state index contributed by atoms with van der Waals surface area (Å²) >= 11 is 0. The number of benzene rings is 1. The first-order valence-electron chi connectivity index (χ1n) is 9.25. The van der Waals surface area contributed by atoms with Gasteiger partial charge in [-0.05, 0) is 50.1 Å². The molecule has 0 aromatic heterocycles. The van der Waals surface area contributed by atoms with Gasteiger partial charge in [0.15, 0.2) is 0 Å². The number of hydrogen-bond acceptors (Lipinski definition) is 5. The number of nitrogens with one attached hydrogen (secondary N) is 1. The van der Waals surface area contributed by atoms with E-state index >= 15 is 0 Å². The highest BCUT2D eigenvalue weighted by molar-refractivity contribution is 5.97. The first-order chi connectivity index (χ1) is 12.6. The summed E-state index contributed by atoms with van der Waals surface area (Å²) in [5.74, 6) is 0.0352. The number of morpholine rings is 1. The van der Waals surface area contributed by atoms with Gasteiger partial charge in [0.2, 0.25) is 0 Å². The highest BCUT2D eigenvalue weighted by Gasteiger charge is 2.45. The van der Waals surface area contributed by atoms with Gasteiger partial charge in [-0.1, -0.05) is 18.2 Å². The van der Waals surface area contributed by atoms with Crippen LogP contribution in [0, 0.1) is 5.41 Å². The standard InChI is InChI=1S/C20H28N4O2/c1-16-19(25)24(18-5-3-2-4-6-18)15-20(26-16)8-11-23(12-9-20)10-7-17(13-21)14-22/h2-6,13-14,16,21H,7-12,15,22H2,1H3/b17-14-,21-13?. The lowest BCUT2D eigenvalue weighted by Gasteiger charge is -2.49. The number of amides is 1. The van der Waals surface area contributed by atoms with Crippen molar-refractivity contribution in [1.82, 2.24) is 4.90 Å². The van der Waals surface area contributed by atoms with Crippen molar-refractivity contribution in [2.75, 3.05) is 31.1 Å². The van der Waals surface area contributed by atoms with Crippen LogP contribution in [0.3, 0.4) is 0 Å². The molecule has 140 valence electrons. The molecule has 3 N–H and O–H groups in total. The largest absolute Gasteiger partial charge is 0.404 e. The normalized spacial score (nSPS) is 24.0. The van der Waals surface area contributed by atoms with Gasteiger partial charge in [0.25, 0.3) is 5.91 Å². The van der Waals surface area contributed by atoms with Crippen LogP contribution < -0.4 is 10.6 Å². The molecule has 3 rings (SSSR count). The Balaban J connectivity index is 1.64. The lowest BCUT2D eigenvalue weighted by molar-refractivity contribution is -0.161. The van der Waals surface area contributed by atoms with Crippen LogP contribution in [0.4, 0.5) is 5.69 Å². The average molecular weight is 356 g/mol. The lowest BCUT2D eigenvalue weighted by Crippen LogP contribution is -2.61. The quantitative estimate of drug-likeness (QED) is 0.792. The van der Waals surface area contributed by atoms with Crippen LogP contribution in [0.15, 0.2) is 42.1 Å². The molecular formula is C20H28N4O2. The van der Waals surface area contributed by atoms with Crippen molar-refractivity contribution in [3.05, 3.63) is 42.1 Å². The summed E-state index contributed by atoms with van der Waals surface area (Å²) in [5, 5.41) is 7.33. The molecular weight excluding hydrogens is 328 g/mol. The molecule has 1 spiro atoms. The molecule has 2 saturated heterocycles. The molecule has 0 saturated carbocycles. The first kappa shape index (κ1) is 18.6. The van der Waals surface area contributed by atoms with Gasteiger partial charge in [0.05, 0.1) is 12.1 Å². The molecule has 0 aliphatic carbocycles. The minimum atomic E-state index is -0.416. The van der Waals surface area contributed by atoms with E-state index in [1.54, 1.807) is 0 Å². The van der Waals surface area contributed by atoms with Crippen molar-refractivity contribution in [2.24, 2.45) is 5.73 Å². The van der Waals surface area contributed by atoms with Gasteiger partial charge in [-0.2, -0.15) is 0 Å². The molecule has 6 heteroatoms. The molecule has 2 heterocycles. The molecule has 1 aromatic rings. The number of carbonyl (C=O) groups excluding carboxylic acids is 1. The van der Waals surface area contributed by atoms with Crippen LogP contribution in [-0.2, 0) is 9.53 Å². The van der Waals surface area contributed by atoms with E-state index < -0.39 is 6.10 Å². The average Bonchev–Trinajstić information content (AvgIpc) is 2.68. The first-order valence-corrected chi connectivity index (χ1v) is 9.25. The fourth-order valence-corrected chi connectivity index (χ4v) is 3.83. The second-order valence-corrected chi connectivity index (χ2v) is 7.18. The van der Waals surface area contributed by atoms with Crippen molar-refractivity contribution in [3.63, 3.8) is 0 Å². The minimum Gasteiger partial charge on any atom is -0.404 e. The van der Waals surface area contributed by atoms with Crippen LogP contribution in [0.2, 0.25) is 0 Å². The minimum absolute atomic E-state index is 0.0352. The predicted molar refractivity (Wildman–Crippen MR) is 103 cm³/mol. The molecule has 2 aliphatic rings. The molecule has 26 heavy (non-hydrogen) atoms. The number of nitrogens with two attached hydrogens (primary N) is 1. The molecule has 1 aromatic carbocycles. The molecule has 1 unspecified atom stereocenters. The number of hydrogen-bond donors (Lipinski definition) is 2. The molecule has 2 aliphatic heterocycles. The SMILES string of the molecule is CC1OC2(CCN(CC/C(C=N)=C/N)CC2)CN(c2ccccc2)C1=O. The second-order valence-electron chi connectivity index (χ2n) is 7.18. The zero-order chi connectivity index (χ0) is 18.6. The summed E-state index contributed by atoms with van der Waals surface area (Å²) in [6.07, 6.45) is 5.01. The third-order valence-corrected chi connectivity index (χ3v) is 5.44. The van der Waals surface area contributed by atoms with Gasteiger partial charge in [-0.3, -0.25) is 4.79 Å². The van der Waals surface area contributed by atoms with Crippen LogP contribution in [-0.4, -0.2) is 54.9 Å². The van der Waals surface area contributed by atoms with E-state index in [2.05, 4.69) is 4.90 Å². The Morgan fingerprint density at radius 3 is 2.65 bits per heavy atom.